The molecule has 1 aromatic carbocycles. The van der Waals surface area contributed by atoms with E-state index in [2.05, 4.69) is 0 Å². The Balaban J connectivity index is 1.50. The third-order valence-corrected chi connectivity index (χ3v) is 5.51. The van der Waals surface area contributed by atoms with Crippen molar-refractivity contribution in [3.63, 3.8) is 0 Å². The highest BCUT2D eigenvalue weighted by molar-refractivity contribution is 5.92. The first-order valence-electron chi connectivity index (χ1n) is 9.64. The van der Waals surface area contributed by atoms with Crippen LogP contribution in [0, 0.1) is 0 Å². The highest BCUT2D eigenvalue weighted by Gasteiger charge is 2.50. The molecule has 3 heterocycles. The van der Waals surface area contributed by atoms with Gasteiger partial charge < -0.3 is 23.9 Å². The molecule has 29 heavy (non-hydrogen) atoms. The van der Waals surface area contributed by atoms with Gasteiger partial charge in [-0.25, -0.2) is 5.06 Å². The van der Waals surface area contributed by atoms with Crippen molar-refractivity contribution in [3.8, 4) is 0 Å². The Hall–Kier alpha value is -2.23. The summed E-state index contributed by atoms with van der Waals surface area (Å²) in [5.41, 5.74) is 2.45. The Bertz CT molecular complexity index is 854. The van der Waals surface area contributed by atoms with Crippen molar-refractivity contribution in [1.82, 2.24) is 9.63 Å². The standard InChI is InChI=1S/C21H26N2O6/c1-22(26-2)20(25)17-9-8-16-13-28-21(14-23(16)17)10-18(19(11-24)29-21)27-12-15-6-4-3-5-7-15/h3-9,18-19,24H,10-14H2,1-2H3/t18-,19+,21-/m0/s1. The Morgan fingerprint density at radius 3 is 2.83 bits per heavy atom. The van der Waals surface area contributed by atoms with Gasteiger partial charge in [-0.15, -0.1) is 0 Å². The van der Waals surface area contributed by atoms with E-state index < -0.39 is 11.9 Å². The zero-order valence-corrected chi connectivity index (χ0v) is 16.6. The van der Waals surface area contributed by atoms with Crippen molar-refractivity contribution >= 4 is 5.91 Å². The molecule has 2 aliphatic heterocycles. The summed E-state index contributed by atoms with van der Waals surface area (Å²) >= 11 is 0. The molecule has 8 nitrogen and oxygen atoms in total. The average Bonchev–Trinajstić information content (AvgIpc) is 3.32. The zero-order valence-electron chi connectivity index (χ0n) is 16.6. The fraction of sp³-hybridized carbons (Fsp3) is 0.476. The molecule has 1 amide bonds. The molecule has 1 saturated heterocycles. The molecule has 0 saturated carbocycles. The molecule has 2 aromatic rings. The molecule has 8 heteroatoms. The third-order valence-electron chi connectivity index (χ3n) is 5.51. The minimum Gasteiger partial charge on any atom is -0.394 e. The number of aliphatic hydroxyl groups excluding tert-OH is 1. The second kappa shape index (κ2) is 8.25. The minimum atomic E-state index is -0.943. The average molecular weight is 402 g/mol. The molecule has 156 valence electrons. The second-order valence-corrected chi connectivity index (χ2v) is 7.36. The summed E-state index contributed by atoms with van der Waals surface area (Å²) in [4.78, 5) is 17.6. The molecule has 1 N–H and O–H groups in total. The van der Waals surface area contributed by atoms with Crippen LogP contribution in [0.15, 0.2) is 42.5 Å². The van der Waals surface area contributed by atoms with E-state index in [-0.39, 0.29) is 18.6 Å². The summed E-state index contributed by atoms with van der Waals surface area (Å²) in [5, 5.41) is 11.0. The van der Waals surface area contributed by atoms with Crippen LogP contribution in [-0.4, -0.2) is 59.4 Å². The molecule has 4 rings (SSSR count). The van der Waals surface area contributed by atoms with Gasteiger partial charge >= 0.3 is 0 Å². The third kappa shape index (κ3) is 3.94. The molecule has 0 aliphatic carbocycles. The normalized spacial score (nSPS) is 25.9. The Morgan fingerprint density at radius 1 is 1.31 bits per heavy atom. The van der Waals surface area contributed by atoms with Gasteiger partial charge in [0.25, 0.3) is 5.91 Å². The molecule has 0 bridgehead atoms. The number of aliphatic hydroxyl groups is 1. The van der Waals surface area contributed by atoms with Gasteiger partial charge in [0.2, 0.25) is 0 Å². The van der Waals surface area contributed by atoms with Gasteiger partial charge in [-0.3, -0.25) is 9.63 Å². The van der Waals surface area contributed by atoms with Crippen LogP contribution in [0.25, 0.3) is 0 Å². The number of aromatic nitrogens is 1. The topological polar surface area (TPSA) is 82.4 Å². The smallest absolute Gasteiger partial charge is 0.293 e. The van der Waals surface area contributed by atoms with E-state index in [0.29, 0.717) is 31.9 Å². The number of hydrogen-bond donors (Lipinski definition) is 1. The van der Waals surface area contributed by atoms with E-state index in [0.717, 1.165) is 11.3 Å². The van der Waals surface area contributed by atoms with Crippen molar-refractivity contribution in [1.29, 1.82) is 0 Å². The largest absolute Gasteiger partial charge is 0.394 e. The molecule has 0 unspecified atom stereocenters. The maximum absolute atomic E-state index is 12.6. The predicted octanol–water partition coefficient (Wildman–Crippen LogP) is 1.71. The van der Waals surface area contributed by atoms with Crippen LogP contribution in [0.2, 0.25) is 0 Å². The number of hydroxylamine groups is 2. The maximum Gasteiger partial charge on any atom is 0.293 e. The highest BCUT2D eigenvalue weighted by atomic mass is 16.7. The van der Waals surface area contributed by atoms with Gasteiger partial charge in [-0.2, -0.15) is 0 Å². The summed E-state index contributed by atoms with van der Waals surface area (Å²) in [7, 11) is 3.02. The van der Waals surface area contributed by atoms with Crippen LogP contribution < -0.4 is 0 Å². The number of carbonyl (C=O) groups excluding carboxylic acids is 1. The lowest BCUT2D eigenvalue weighted by atomic mass is 10.1. The van der Waals surface area contributed by atoms with E-state index in [1.54, 1.807) is 13.1 Å². The quantitative estimate of drug-likeness (QED) is 0.741. The zero-order chi connectivity index (χ0) is 20.4. The summed E-state index contributed by atoms with van der Waals surface area (Å²) < 4.78 is 20.1. The number of ether oxygens (including phenoxy) is 3. The number of benzene rings is 1. The molecule has 3 atom stereocenters. The van der Waals surface area contributed by atoms with Crippen LogP contribution in [0.3, 0.4) is 0 Å². The van der Waals surface area contributed by atoms with Gasteiger partial charge in [0.15, 0.2) is 5.79 Å². The van der Waals surface area contributed by atoms with Crippen LogP contribution >= 0.6 is 0 Å². The van der Waals surface area contributed by atoms with Crippen molar-refractivity contribution in [2.24, 2.45) is 0 Å². The first-order chi connectivity index (χ1) is 14.0. The van der Waals surface area contributed by atoms with Crippen LogP contribution in [-0.2, 0) is 38.8 Å². The number of rotatable bonds is 6. The molecule has 1 aromatic heterocycles. The number of nitrogens with zero attached hydrogens (tertiary/aromatic N) is 2. The van der Waals surface area contributed by atoms with Gasteiger partial charge in [0.1, 0.15) is 11.8 Å². The van der Waals surface area contributed by atoms with Crippen molar-refractivity contribution in [2.45, 2.75) is 44.2 Å². The van der Waals surface area contributed by atoms with E-state index in [1.807, 2.05) is 41.0 Å². The molecular weight excluding hydrogens is 376 g/mol. The van der Waals surface area contributed by atoms with Crippen LogP contribution in [0.4, 0.5) is 0 Å². The minimum absolute atomic E-state index is 0.165. The first kappa shape index (κ1) is 20.1. The Kier molecular flexibility index (Phi) is 5.71. The van der Waals surface area contributed by atoms with Crippen molar-refractivity contribution in [3.05, 3.63) is 59.4 Å². The lowest BCUT2D eigenvalue weighted by Gasteiger charge is -2.35. The molecule has 2 aliphatic rings. The van der Waals surface area contributed by atoms with Crippen molar-refractivity contribution in [2.75, 3.05) is 20.8 Å². The molecule has 1 spiro atoms. The van der Waals surface area contributed by atoms with Crippen LogP contribution in [0.5, 0.6) is 0 Å². The fourth-order valence-corrected chi connectivity index (χ4v) is 3.88. The van der Waals surface area contributed by atoms with Gasteiger partial charge in [-0.1, -0.05) is 30.3 Å². The number of carbonyl (C=O) groups is 1. The van der Waals surface area contributed by atoms with E-state index in [1.165, 1.54) is 12.2 Å². The summed E-state index contributed by atoms with van der Waals surface area (Å²) in [6.45, 7) is 0.920. The van der Waals surface area contributed by atoms with Crippen LogP contribution in [0.1, 0.15) is 28.2 Å². The van der Waals surface area contributed by atoms with Gasteiger partial charge in [-0.05, 0) is 17.7 Å². The van der Waals surface area contributed by atoms with E-state index >= 15 is 0 Å². The maximum atomic E-state index is 12.6. The number of hydrogen-bond acceptors (Lipinski definition) is 6. The number of fused-ring (bicyclic) bond motifs is 1. The molecule has 0 radical (unpaired) electrons. The van der Waals surface area contributed by atoms with Gasteiger partial charge in [0.05, 0.1) is 39.6 Å². The van der Waals surface area contributed by atoms with Crippen molar-refractivity contribution < 1.29 is 28.9 Å². The lowest BCUT2D eigenvalue weighted by Crippen LogP contribution is -2.43. The Labute approximate surface area is 169 Å². The highest BCUT2D eigenvalue weighted by Crippen LogP contribution is 2.39. The summed E-state index contributed by atoms with van der Waals surface area (Å²) in [5.74, 6) is -1.19. The fourth-order valence-electron chi connectivity index (χ4n) is 3.88. The molecular formula is C21H26N2O6. The predicted molar refractivity (Wildman–Crippen MR) is 103 cm³/mol. The van der Waals surface area contributed by atoms with Gasteiger partial charge in [0, 0.05) is 19.2 Å². The van der Waals surface area contributed by atoms with E-state index in [9.17, 15) is 9.90 Å². The monoisotopic (exact) mass is 402 g/mol. The second-order valence-electron chi connectivity index (χ2n) is 7.36. The number of amides is 1. The molecule has 1 fully saturated rings. The summed E-state index contributed by atoms with van der Waals surface area (Å²) in [6.07, 6.45) is -0.328. The summed E-state index contributed by atoms with van der Waals surface area (Å²) in [6, 6.07) is 13.5. The first-order valence-corrected chi connectivity index (χ1v) is 9.64. The SMILES string of the molecule is CON(C)C(=O)c1ccc2n1C[C@@]1(C[C@H](OCc3ccccc3)[C@@H](CO)O1)OC2. The van der Waals surface area contributed by atoms with E-state index in [4.69, 9.17) is 19.0 Å². The lowest BCUT2D eigenvalue weighted by molar-refractivity contribution is -0.255. The Morgan fingerprint density at radius 2 is 2.10 bits per heavy atom.